The molecule has 0 aromatic heterocycles. The molecule has 13 heavy (non-hydrogen) atoms. The molecule has 0 heterocycles. The van der Waals surface area contributed by atoms with E-state index >= 15 is 0 Å². The quantitative estimate of drug-likeness (QED) is 0.294. The summed E-state index contributed by atoms with van der Waals surface area (Å²) in [4.78, 5) is 4.07. The fraction of sp³-hybridized carbons (Fsp3) is 0. The van der Waals surface area contributed by atoms with Crippen molar-refractivity contribution < 1.29 is 13.7 Å². The molecule has 0 aliphatic rings. The molecular formula is C6H8FN3O2S. The Hall–Kier alpha value is -0.860. The lowest BCUT2D eigenvalue weighted by Gasteiger charge is -2.03. The summed E-state index contributed by atoms with van der Waals surface area (Å²) in [6.07, 6.45) is 0. The SMILES string of the molecule is NNc1ccc(SOON)c(F)c1. The molecule has 5 nitrogen and oxygen atoms in total. The van der Waals surface area contributed by atoms with Gasteiger partial charge in [0.1, 0.15) is 5.82 Å². The first kappa shape index (κ1) is 10.2. The summed E-state index contributed by atoms with van der Waals surface area (Å²) in [5.74, 6) is 9.18. The Bertz CT molecular complexity index is 287. The Labute approximate surface area is 78.2 Å². The van der Waals surface area contributed by atoms with Gasteiger partial charge in [-0.05, 0) is 18.2 Å². The zero-order valence-corrected chi connectivity index (χ0v) is 7.31. The maximum absolute atomic E-state index is 13.1. The summed E-state index contributed by atoms with van der Waals surface area (Å²) in [6.45, 7) is 0. The number of rotatable bonds is 4. The van der Waals surface area contributed by atoms with Crippen molar-refractivity contribution in [2.75, 3.05) is 5.43 Å². The minimum Gasteiger partial charge on any atom is -0.324 e. The first-order valence-electron chi connectivity index (χ1n) is 3.24. The maximum Gasteiger partial charge on any atom is 0.141 e. The summed E-state index contributed by atoms with van der Waals surface area (Å²) in [6, 6.07) is 4.29. The highest BCUT2D eigenvalue weighted by atomic mass is 32.2. The lowest BCUT2D eigenvalue weighted by Crippen LogP contribution is -2.06. The van der Waals surface area contributed by atoms with E-state index in [9.17, 15) is 4.39 Å². The molecule has 0 unspecified atom stereocenters. The van der Waals surface area contributed by atoms with Gasteiger partial charge in [-0.2, -0.15) is 5.90 Å². The Morgan fingerprint density at radius 2 is 2.23 bits per heavy atom. The van der Waals surface area contributed by atoms with Crippen LogP contribution in [0.25, 0.3) is 0 Å². The molecule has 0 radical (unpaired) electrons. The van der Waals surface area contributed by atoms with Crippen molar-refractivity contribution >= 4 is 17.7 Å². The highest BCUT2D eigenvalue weighted by Gasteiger charge is 2.04. The zero-order valence-electron chi connectivity index (χ0n) is 6.49. The number of nitrogens with one attached hydrogen (secondary N) is 1. The second kappa shape index (κ2) is 5.00. The molecule has 0 amide bonds. The van der Waals surface area contributed by atoms with Crippen LogP contribution in [0.2, 0.25) is 0 Å². The van der Waals surface area contributed by atoms with E-state index in [1.165, 1.54) is 12.1 Å². The Kier molecular flexibility index (Phi) is 3.93. The molecule has 0 aliphatic heterocycles. The van der Waals surface area contributed by atoms with Crippen LogP contribution in [0, 0.1) is 5.82 Å². The molecule has 0 atom stereocenters. The van der Waals surface area contributed by atoms with Crippen LogP contribution in [0.1, 0.15) is 0 Å². The zero-order chi connectivity index (χ0) is 9.68. The first-order chi connectivity index (χ1) is 6.27. The van der Waals surface area contributed by atoms with Gasteiger partial charge in [-0.15, -0.1) is 9.32 Å². The Morgan fingerprint density at radius 1 is 1.46 bits per heavy atom. The van der Waals surface area contributed by atoms with Crippen LogP contribution in [0.3, 0.4) is 0 Å². The lowest BCUT2D eigenvalue weighted by atomic mass is 10.3. The molecule has 0 spiro atoms. The van der Waals surface area contributed by atoms with E-state index in [-0.39, 0.29) is 4.90 Å². The van der Waals surface area contributed by atoms with Gasteiger partial charge in [0.25, 0.3) is 0 Å². The van der Waals surface area contributed by atoms with E-state index in [1.54, 1.807) is 6.07 Å². The van der Waals surface area contributed by atoms with Crippen LogP contribution in [-0.4, -0.2) is 0 Å². The molecule has 0 aliphatic carbocycles. The van der Waals surface area contributed by atoms with Crippen molar-refractivity contribution in [2.45, 2.75) is 4.90 Å². The van der Waals surface area contributed by atoms with Gasteiger partial charge in [0, 0.05) is 0 Å². The number of halogens is 1. The van der Waals surface area contributed by atoms with Gasteiger partial charge < -0.3 is 5.43 Å². The number of nitrogens with two attached hydrogens (primary N) is 2. The van der Waals surface area contributed by atoms with Crippen LogP contribution in [0.5, 0.6) is 0 Å². The predicted octanol–water partition coefficient (Wildman–Crippen LogP) is 0.940. The predicted molar refractivity (Wildman–Crippen MR) is 46.4 cm³/mol. The van der Waals surface area contributed by atoms with Gasteiger partial charge in [0.2, 0.25) is 0 Å². The number of nitrogen functional groups attached to an aromatic ring is 1. The number of benzene rings is 1. The third-order valence-corrected chi connectivity index (χ3v) is 1.92. The molecule has 1 aromatic rings. The van der Waals surface area contributed by atoms with Gasteiger partial charge in [-0.25, -0.2) is 4.39 Å². The molecule has 7 heteroatoms. The minimum atomic E-state index is -0.475. The molecule has 72 valence electrons. The smallest absolute Gasteiger partial charge is 0.141 e. The van der Waals surface area contributed by atoms with E-state index in [4.69, 9.17) is 5.84 Å². The third kappa shape index (κ3) is 2.83. The summed E-state index contributed by atoms with van der Waals surface area (Å²) in [5, 5.41) is 0. The number of hydrogen-bond acceptors (Lipinski definition) is 6. The van der Waals surface area contributed by atoms with E-state index in [1.807, 2.05) is 0 Å². The van der Waals surface area contributed by atoms with Crippen molar-refractivity contribution in [3.63, 3.8) is 0 Å². The number of hydrazine groups is 1. The highest BCUT2D eigenvalue weighted by molar-refractivity contribution is 7.94. The summed E-state index contributed by atoms with van der Waals surface area (Å²) in [5.41, 5.74) is 2.77. The Balaban J connectivity index is 2.73. The van der Waals surface area contributed by atoms with Crippen LogP contribution >= 0.6 is 12.0 Å². The number of anilines is 1. The second-order valence-corrected chi connectivity index (χ2v) is 2.78. The Morgan fingerprint density at radius 3 is 2.77 bits per heavy atom. The second-order valence-electron chi connectivity index (χ2n) is 2.04. The average molecular weight is 205 g/mol. The van der Waals surface area contributed by atoms with Crippen molar-refractivity contribution in [2.24, 2.45) is 11.7 Å². The van der Waals surface area contributed by atoms with Gasteiger partial charge in [-0.1, -0.05) is 0 Å². The first-order valence-corrected chi connectivity index (χ1v) is 3.98. The van der Waals surface area contributed by atoms with Crippen LogP contribution < -0.4 is 17.2 Å². The van der Waals surface area contributed by atoms with Gasteiger partial charge >= 0.3 is 0 Å². The van der Waals surface area contributed by atoms with Crippen molar-refractivity contribution in [3.8, 4) is 0 Å². The topological polar surface area (TPSA) is 82.5 Å². The number of hydrogen-bond donors (Lipinski definition) is 3. The molecule has 0 saturated heterocycles. The molecule has 5 N–H and O–H groups in total. The van der Waals surface area contributed by atoms with Crippen LogP contribution in [-0.2, 0) is 9.32 Å². The third-order valence-electron chi connectivity index (χ3n) is 1.26. The van der Waals surface area contributed by atoms with Crippen molar-refractivity contribution in [1.82, 2.24) is 0 Å². The fourth-order valence-corrected chi connectivity index (χ4v) is 1.09. The van der Waals surface area contributed by atoms with Crippen molar-refractivity contribution in [1.29, 1.82) is 0 Å². The normalized spacial score (nSPS) is 10.1. The lowest BCUT2D eigenvalue weighted by molar-refractivity contribution is -0.195. The highest BCUT2D eigenvalue weighted by Crippen LogP contribution is 2.24. The standard InChI is InChI=1S/C6H8FN3O2S/c7-5-3-4(10-8)1-2-6(5)13-12-11-9/h1-3,10H,8-9H2. The van der Waals surface area contributed by atoms with Gasteiger partial charge in [0.05, 0.1) is 22.6 Å². The molecule has 0 bridgehead atoms. The summed E-state index contributed by atoms with van der Waals surface area (Å²) < 4.78 is 17.3. The summed E-state index contributed by atoms with van der Waals surface area (Å²) in [7, 11) is 0. The molecular weight excluding hydrogens is 197 g/mol. The van der Waals surface area contributed by atoms with Gasteiger partial charge in [-0.3, -0.25) is 5.84 Å². The van der Waals surface area contributed by atoms with E-state index in [2.05, 4.69) is 20.6 Å². The monoisotopic (exact) mass is 205 g/mol. The summed E-state index contributed by atoms with van der Waals surface area (Å²) >= 11 is 0.675. The molecule has 0 fully saturated rings. The van der Waals surface area contributed by atoms with Crippen molar-refractivity contribution in [3.05, 3.63) is 24.0 Å². The minimum absolute atomic E-state index is 0.254. The molecule has 1 rings (SSSR count). The molecule has 1 aromatic carbocycles. The van der Waals surface area contributed by atoms with Crippen LogP contribution in [0.15, 0.2) is 23.1 Å². The molecule has 0 saturated carbocycles. The maximum atomic E-state index is 13.1. The van der Waals surface area contributed by atoms with E-state index in [0.29, 0.717) is 17.7 Å². The largest absolute Gasteiger partial charge is 0.324 e. The fourth-order valence-electron chi connectivity index (χ4n) is 0.714. The van der Waals surface area contributed by atoms with Crippen LogP contribution in [0.4, 0.5) is 10.1 Å². The van der Waals surface area contributed by atoms with E-state index in [0.717, 1.165) is 0 Å². The van der Waals surface area contributed by atoms with Gasteiger partial charge in [0.15, 0.2) is 0 Å². The van der Waals surface area contributed by atoms with E-state index < -0.39 is 5.82 Å². The average Bonchev–Trinajstić information content (AvgIpc) is 2.16.